The molecule has 2 aromatic carbocycles. The molecule has 0 unspecified atom stereocenters. The Morgan fingerprint density at radius 3 is 2.48 bits per heavy atom. The molecular formula is C18H21Cl2NO2. The highest BCUT2D eigenvalue weighted by Crippen LogP contribution is 2.33. The lowest BCUT2D eigenvalue weighted by molar-refractivity contribution is -0.124. The lowest BCUT2D eigenvalue weighted by Crippen LogP contribution is -2.52. The summed E-state index contributed by atoms with van der Waals surface area (Å²) in [6, 6.07) is 17.3. The molecule has 1 fully saturated rings. The van der Waals surface area contributed by atoms with Crippen LogP contribution in [0.4, 0.5) is 0 Å². The van der Waals surface area contributed by atoms with E-state index < -0.39 is 5.60 Å². The van der Waals surface area contributed by atoms with Crippen LogP contribution in [0.25, 0.3) is 0 Å². The van der Waals surface area contributed by atoms with Gasteiger partial charge >= 0.3 is 0 Å². The summed E-state index contributed by atoms with van der Waals surface area (Å²) in [5.41, 5.74) is 0.660. The summed E-state index contributed by atoms with van der Waals surface area (Å²) >= 11 is 6.29. The van der Waals surface area contributed by atoms with Gasteiger partial charge in [0.15, 0.2) is 0 Å². The summed E-state index contributed by atoms with van der Waals surface area (Å²) in [5, 5.41) is 15.4. The van der Waals surface area contributed by atoms with Gasteiger partial charge in [-0.15, -0.1) is 12.4 Å². The highest BCUT2D eigenvalue weighted by molar-refractivity contribution is 6.31. The van der Waals surface area contributed by atoms with E-state index in [1.165, 1.54) is 0 Å². The summed E-state index contributed by atoms with van der Waals surface area (Å²) in [6.45, 7) is 2.03. The summed E-state index contributed by atoms with van der Waals surface area (Å²) in [6.07, 6.45) is 0.114. The second kappa shape index (κ2) is 8.13. The number of rotatable bonds is 4. The van der Waals surface area contributed by atoms with Crippen LogP contribution in [0.1, 0.15) is 11.1 Å². The van der Waals surface area contributed by atoms with Crippen LogP contribution in [0.15, 0.2) is 54.6 Å². The van der Waals surface area contributed by atoms with Crippen molar-refractivity contribution in [2.24, 2.45) is 0 Å². The lowest BCUT2D eigenvalue weighted by Gasteiger charge is -2.39. The maximum atomic E-state index is 11.5. The van der Waals surface area contributed by atoms with Gasteiger partial charge in [0.25, 0.3) is 0 Å². The van der Waals surface area contributed by atoms with Gasteiger partial charge in [0, 0.05) is 24.5 Å². The predicted molar refractivity (Wildman–Crippen MR) is 95.4 cm³/mol. The van der Waals surface area contributed by atoms with Gasteiger partial charge in [-0.25, -0.2) is 0 Å². The molecule has 2 N–H and O–H groups in total. The normalized spacial score (nSPS) is 20.3. The van der Waals surface area contributed by atoms with Gasteiger partial charge in [-0.3, -0.25) is 0 Å². The van der Waals surface area contributed by atoms with E-state index in [9.17, 15) is 5.11 Å². The van der Waals surface area contributed by atoms with Crippen LogP contribution >= 0.6 is 24.0 Å². The Bertz CT molecular complexity index is 617. The van der Waals surface area contributed by atoms with Crippen LogP contribution in [0.2, 0.25) is 5.02 Å². The minimum atomic E-state index is -1.11. The number of nitrogens with one attached hydrogen (secondary N) is 1. The van der Waals surface area contributed by atoms with Crippen LogP contribution in [0, 0.1) is 0 Å². The van der Waals surface area contributed by atoms with Crippen LogP contribution in [0.5, 0.6) is 0 Å². The molecule has 0 radical (unpaired) electrons. The molecule has 1 aliphatic rings. The SMILES string of the molecule is Cl.O[C@](Cc1ccccc1Cl)(c1ccccc1)[C@@H]1CNCCO1. The molecule has 0 saturated carbocycles. The molecule has 5 heteroatoms. The zero-order valence-corrected chi connectivity index (χ0v) is 14.3. The first-order valence-corrected chi connectivity index (χ1v) is 7.91. The van der Waals surface area contributed by atoms with Crippen molar-refractivity contribution in [1.29, 1.82) is 0 Å². The van der Waals surface area contributed by atoms with Gasteiger partial charge in [-0.1, -0.05) is 60.1 Å². The van der Waals surface area contributed by atoms with Crippen molar-refractivity contribution in [3.63, 3.8) is 0 Å². The highest BCUT2D eigenvalue weighted by Gasteiger charge is 2.40. The zero-order valence-electron chi connectivity index (χ0n) is 12.7. The van der Waals surface area contributed by atoms with Crippen LogP contribution in [0.3, 0.4) is 0 Å². The smallest absolute Gasteiger partial charge is 0.121 e. The van der Waals surface area contributed by atoms with Gasteiger partial charge in [0.2, 0.25) is 0 Å². The van der Waals surface area contributed by atoms with Gasteiger partial charge in [-0.2, -0.15) is 0 Å². The molecule has 0 aromatic heterocycles. The van der Waals surface area contributed by atoms with Gasteiger partial charge in [0.1, 0.15) is 11.7 Å². The van der Waals surface area contributed by atoms with E-state index in [1.807, 2.05) is 54.6 Å². The van der Waals surface area contributed by atoms with E-state index in [0.717, 1.165) is 17.7 Å². The quantitative estimate of drug-likeness (QED) is 0.886. The first-order chi connectivity index (χ1) is 10.7. The molecule has 2 atom stereocenters. The minimum absolute atomic E-state index is 0. The second-order valence-electron chi connectivity index (χ2n) is 5.62. The average molecular weight is 354 g/mol. The number of aliphatic hydroxyl groups is 1. The average Bonchev–Trinajstić information content (AvgIpc) is 2.58. The molecule has 1 heterocycles. The molecule has 3 nitrogen and oxygen atoms in total. The molecule has 1 aliphatic heterocycles. The van der Waals surface area contributed by atoms with Crippen LogP contribution in [-0.2, 0) is 16.8 Å². The van der Waals surface area contributed by atoms with Crippen molar-refractivity contribution in [3.8, 4) is 0 Å². The molecular weight excluding hydrogens is 333 g/mol. The Hall–Kier alpha value is -1.10. The number of hydrogen-bond donors (Lipinski definition) is 2. The third kappa shape index (κ3) is 4.06. The molecule has 0 amide bonds. The maximum Gasteiger partial charge on any atom is 0.121 e. The fraction of sp³-hybridized carbons (Fsp3) is 0.333. The zero-order chi connectivity index (χ0) is 15.4. The highest BCUT2D eigenvalue weighted by atomic mass is 35.5. The van der Waals surface area contributed by atoms with Crippen LogP contribution in [-0.4, -0.2) is 30.9 Å². The van der Waals surface area contributed by atoms with Crippen molar-refractivity contribution >= 4 is 24.0 Å². The summed E-state index contributed by atoms with van der Waals surface area (Å²) in [7, 11) is 0. The van der Waals surface area contributed by atoms with Crippen molar-refractivity contribution in [3.05, 3.63) is 70.7 Å². The van der Waals surface area contributed by atoms with Crippen molar-refractivity contribution in [2.75, 3.05) is 19.7 Å². The Balaban J connectivity index is 0.00000192. The van der Waals surface area contributed by atoms with Crippen molar-refractivity contribution in [1.82, 2.24) is 5.32 Å². The van der Waals surface area contributed by atoms with Crippen LogP contribution < -0.4 is 5.32 Å². The molecule has 1 saturated heterocycles. The first-order valence-electron chi connectivity index (χ1n) is 7.54. The van der Waals surface area contributed by atoms with E-state index >= 15 is 0 Å². The summed E-state index contributed by atoms with van der Waals surface area (Å²) in [5.74, 6) is 0. The van der Waals surface area contributed by atoms with Gasteiger partial charge in [-0.05, 0) is 17.2 Å². The molecule has 2 aromatic rings. The number of morpholine rings is 1. The van der Waals surface area contributed by atoms with E-state index in [2.05, 4.69) is 5.32 Å². The van der Waals surface area contributed by atoms with E-state index in [1.54, 1.807) is 0 Å². The second-order valence-corrected chi connectivity index (χ2v) is 6.03. The van der Waals surface area contributed by atoms with Gasteiger partial charge < -0.3 is 15.2 Å². The third-order valence-electron chi connectivity index (χ3n) is 4.15. The fourth-order valence-corrected chi connectivity index (χ4v) is 3.14. The topological polar surface area (TPSA) is 41.5 Å². The minimum Gasteiger partial charge on any atom is -0.382 e. The maximum absolute atomic E-state index is 11.5. The Kier molecular flexibility index (Phi) is 6.45. The van der Waals surface area contributed by atoms with E-state index in [0.29, 0.717) is 24.6 Å². The standard InChI is InChI=1S/C18H20ClNO2.ClH/c19-16-9-5-4-6-14(16)12-18(21,15-7-2-1-3-8-15)17-13-20-10-11-22-17;/h1-9,17,20-21H,10-13H2;1H/t17-,18+;/m0./s1. The van der Waals surface area contributed by atoms with Crippen molar-refractivity contribution < 1.29 is 9.84 Å². The monoisotopic (exact) mass is 353 g/mol. The van der Waals surface area contributed by atoms with Gasteiger partial charge in [0.05, 0.1) is 6.61 Å². The molecule has 3 rings (SSSR count). The molecule has 124 valence electrons. The number of ether oxygens (including phenoxy) is 1. The largest absolute Gasteiger partial charge is 0.382 e. The predicted octanol–water partition coefficient (Wildman–Crippen LogP) is 3.18. The number of benzene rings is 2. The number of hydrogen-bond acceptors (Lipinski definition) is 3. The molecule has 0 aliphatic carbocycles. The molecule has 0 bridgehead atoms. The van der Waals surface area contributed by atoms with E-state index in [4.69, 9.17) is 16.3 Å². The fourth-order valence-electron chi connectivity index (χ4n) is 2.93. The first kappa shape index (κ1) is 18.2. The summed E-state index contributed by atoms with van der Waals surface area (Å²) < 4.78 is 5.85. The third-order valence-corrected chi connectivity index (χ3v) is 4.52. The molecule has 0 spiro atoms. The van der Waals surface area contributed by atoms with E-state index in [-0.39, 0.29) is 18.5 Å². The summed E-state index contributed by atoms with van der Waals surface area (Å²) in [4.78, 5) is 0. The van der Waals surface area contributed by atoms with Crippen molar-refractivity contribution in [2.45, 2.75) is 18.1 Å². The Labute approximate surface area is 148 Å². The Morgan fingerprint density at radius 1 is 1.13 bits per heavy atom. The lowest BCUT2D eigenvalue weighted by atomic mass is 9.82. The molecule has 23 heavy (non-hydrogen) atoms. The Morgan fingerprint density at radius 2 is 1.83 bits per heavy atom. The number of halogens is 2.